The van der Waals surface area contributed by atoms with Crippen molar-refractivity contribution in [1.82, 2.24) is 5.32 Å². The van der Waals surface area contributed by atoms with E-state index < -0.39 is 6.10 Å². The van der Waals surface area contributed by atoms with Gasteiger partial charge in [0.25, 0.3) is 5.91 Å². The van der Waals surface area contributed by atoms with Crippen LogP contribution in [0.4, 0.5) is 0 Å². The molecule has 1 fully saturated rings. The van der Waals surface area contributed by atoms with Crippen molar-refractivity contribution < 1.29 is 9.53 Å². The van der Waals surface area contributed by atoms with E-state index in [2.05, 4.69) is 5.32 Å². The van der Waals surface area contributed by atoms with Gasteiger partial charge >= 0.3 is 0 Å². The summed E-state index contributed by atoms with van der Waals surface area (Å²) in [4.78, 5) is 12.1. The second kappa shape index (κ2) is 6.98. The summed E-state index contributed by atoms with van der Waals surface area (Å²) in [5, 5.41) is 3.75. The van der Waals surface area contributed by atoms with Crippen molar-refractivity contribution in [2.45, 2.75) is 58.1 Å². The quantitative estimate of drug-likeness (QED) is 0.916. The van der Waals surface area contributed by atoms with Crippen LogP contribution < -0.4 is 10.1 Å². The van der Waals surface area contributed by atoms with Gasteiger partial charge in [0.15, 0.2) is 6.10 Å². The van der Waals surface area contributed by atoms with E-state index >= 15 is 0 Å². The number of aryl methyl sites for hydroxylation is 1. The average molecular weight is 296 g/mol. The third-order valence-electron chi connectivity index (χ3n) is 3.76. The van der Waals surface area contributed by atoms with Crippen molar-refractivity contribution in [3.05, 3.63) is 28.8 Å². The van der Waals surface area contributed by atoms with E-state index in [-0.39, 0.29) is 5.91 Å². The molecule has 1 aliphatic carbocycles. The smallest absolute Gasteiger partial charge is 0.260 e. The number of halogens is 1. The van der Waals surface area contributed by atoms with Gasteiger partial charge in [-0.1, -0.05) is 30.9 Å². The van der Waals surface area contributed by atoms with Gasteiger partial charge in [-0.2, -0.15) is 0 Å². The molecule has 0 unspecified atom stereocenters. The van der Waals surface area contributed by atoms with Gasteiger partial charge in [-0.3, -0.25) is 4.79 Å². The first-order valence-electron chi connectivity index (χ1n) is 7.29. The van der Waals surface area contributed by atoms with Crippen molar-refractivity contribution in [3.8, 4) is 5.75 Å². The maximum atomic E-state index is 12.1. The summed E-state index contributed by atoms with van der Waals surface area (Å²) in [6, 6.07) is 5.73. The lowest BCUT2D eigenvalue weighted by Gasteiger charge is -2.25. The Bertz CT molecular complexity index is 470. The third-order valence-corrected chi connectivity index (χ3v) is 4.00. The maximum Gasteiger partial charge on any atom is 0.260 e. The van der Waals surface area contributed by atoms with Crippen LogP contribution in [0.3, 0.4) is 0 Å². The highest BCUT2D eigenvalue weighted by Crippen LogP contribution is 2.23. The van der Waals surface area contributed by atoms with Gasteiger partial charge in [-0.15, -0.1) is 0 Å². The summed E-state index contributed by atoms with van der Waals surface area (Å²) < 4.78 is 5.73. The molecule has 4 heteroatoms. The molecule has 1 aliphatic rings. The molecule has 1 N–H and O–H groups in total. The van der Waals surface area contributed by atoms with E-state index in [4.69, 9.17) is 16.3 Å². The van der Waals surface area contributed by atoms with Gasteiger partial charge in [0.05, 0.1) is 0 Å². The highest BCUT2D eigenvalue weighted by molar-refractivity contribution is 6.30. The van der Waals surface area contributed by atoms with Crippen molar-refractivity contribution in [2.24, 2.45) is 0 Å². The summed E-state index contributed by atoms with van der Waals surface area (Å²) in [6.07, 6.45) is 5.36. The van der Waals surface area contributed by atoms with Gasteiger partial charge in [-0.05, 0) is 50.5 Å². The van der Waals surface area contributed by atoms with Crippen molar-refractivity contribution in [1.29, 1.82) is 0 Å². The zero-order valence-electron chi connectivity index (χ0n) is 12.1. The minimum atomic E-state index is -0.489. The van der Waals surface area contributed by atoms with Crippen LogP contribution in [0.5, 0.6) is 5.75 Å². The van der Waals surface area contributed by atoms with Gasteiger partial charge in [0.2, 0.25) is 0 Å². The van der Waals surface area contributed by atoms with Gasteiger partial charge in [0, 0.05) is 11.1 Å². The monoisotopic (exact) mass is 295 g/mol. The molecule has 0 radical (unpaired) electrons. The van der Waals surface area contributed by atoms with Crippen molar-refractivity contribution >= 4 is 17.5 Å². The number of nitrogens with one attached hydrogen (secondary N) is 1. The number of amides is 1. The SMILES string of the molecule is Cc1cc(Cl)ccc1O[C@@H](C)C(=O)NC1CCCCC1. The van der Waals surface area contributed by atoms with Crippen LogP contribution >= 0.6 is 11.6 Å². The molecule has 20 heavy (non-hydrogen) atoms. The lowest BCUT2D eigenvalue weighted by Crippen LogP contribution is -2.43. The van der Waals surface area contributed by atoms with E-state index in [0.717, 1.165) is 18.4 Å². The summed E-state index contributed by atoms with van der Waals surface area (Å²) in [6.45, 7) is 3.71. The van der Waals surface area contributed by atoms with E-state index in [1.54, 1.807) is 13.0 Å². The average Bonchev–Trinajstić information content (AvgIpc) is 2.43. The summed E-state index contributed by atoms with van der Waals surface area (Å²) in [7, 11) is 0. The molecule has 0 aliphatic heterocycles. The topological polar surface area (TPSA) is 38.3 Å². The number of benzene rings is 1. The molecule has 2 rings (SSSR count). The molecule has 1 atom stereocenters. The second-order valence-corrected chi connectivity index (χ2v) is 5.95. The number of carbonyl (C=O) groups is 1. The van der Waals surface area contributed by atoms with Gasteiger partial charge < -0.3 is 10.1 Å². The Hall–Kier alpha value is -1.22. The molecule has 1 amide bonds. The highest BCUT2D eigenvalue weighted by atomic mass is 35.5. The van der Waals surface area contributed by atoms with Crippen LogP contribution in [0.15, 0.2) is 18.2 Å². The lowest BCUT2D eigenvalue weighted by molar-refractivity contribution is -0.128. The van der Waals surface area contributed by atoms with Crippen LogP contribution in [-0.2, 0) is 4.79 Å². The molecule has 0 heterocycles. The largest absolute Gasteiger partial charge is 0.481 e. The van der Waals surface area contributed by atoms with E-state index in [9.17, 15) is 4.79 Å². The summed E-state index contributed by atoms with van der Waals surface area (Å²) >= 11 is 5.91. The second-order valence-electron chi connectivity index (χ2n) is 5.51. The molecular formula is C16H22ClNO2. The molecule has 1 saturated carbocycles. The molecule has 3 nitrogen and oxygen atoms in total. The van der Waals surface area contributed by atoms with Crippen LogP contribution in [0.2, 0.25) is 5.02 Å². The zero-order chi connectivity index (χ0) is 14.5. The van der Waals surface area contributed by atoms with E-state index in [0.29, 0.717) is 16.8 Å². The number of hydrogen-bond donors (Lipinski definition) is 1. The minimum Gasteiger partial charge on any atom is -0.481 e. The zero-order valence-corrected chi connectivity index (χ0v) is 12.9. The Morgan fingerprint density at radius 2 is 2.05 bits per heavy atom. The van der Waals surface area contributed by atoms with Crippen LogP contribution in [0.1, 0.15) is 44.6 Å². The fraction of sp³-hybridized carbons (Fsp3) is 0.562. The van der Waals surface area contributed by atoms with Crippen LogP contribution in [0.25, 0.3) is 0 Å². The van der Waals surface area contributed by atoms with Crippen LogP contribution in [0, 0.1) is 6.92 Å². The number of ether oxygens (including phenoxy) is 1. The first-order chi connectivity index (χ1) is 9.56. The minimum absolute atomic E-state index is 0.0359. The summed E-state index contributed by atoms with van der Waals surface area (Å²) in [5.74, 6) is 0.673. The Balaban J connectivity index is 1.89. The molecular weight excluding hydrogens is 274 g/mol. The van der Waals surface area contributed by atoms with E-state index in [1.165, 1.54) is 19.3 Å². The Morgan fingerprint density at radius 1 is 1.35 bits per heavy atom. The molecule has 0 saturated heterocycles. The lowest BCUT2D eigenvalue weighted by atomic mass is 9.95. The fourth-order valence-corrected chi connectivity index (χ4v) is 2.78. The first-order valence-corrected chi connectivity index (χ1v) is 7.67. The van der Waals surface area contributed by atoms with Crippen molar-refractivity contribution in [3.63, 3.8) is 0 Å². The maximum absolute atomic E-state index is 12.1. The Kier molecular flexibility index (Phi) is 5.30. The highest BCUT2D eigenvalue weighted by Gasteiger charge is 2.21. The number of hydrogen-bond acceptors (Lipinski definition) is 2. The fourth-order valence-electron chi connectivity index (χ4n) is 2.55. The molecule has 0 aromatic heterocycles. The van der Waals surface area contributed by atoms with Gasteiger partial charge in [0.1, 0.15) is 5.75 Å². The molecule has 1 aromatic rings. The molecule has 110 valence electrons. The summed E-state index contributed by atoms with van der Waals surface area (Å²) in [5.41, 5.74) is 0.940. The predicted molar refractivity (Wildman–Crippen MR) is 81.3 cm³/mol. The number of rotatable bonds is 4. The Morgan fingerprint density at radius 3 is 2.70 bits per heavy atom. The number of carbonyl (C=O) groups excluding carboxylic acids is 1. The normalized spacial score (nSPS) is 17.6. The van der Waals surface area contributed by atoms with Gasteiger partial charge in [-0.25, -0.2) is 0 Å². The molecule has 0 bridgehead atoms. The molecule has 0 spiro atoms. The standard InChI is InChI=1S/C16H22ClNO2/c1-11-10-13(17)8-9-15(11)20-12(2)16(19)18-14-6-4-3-5-7-14/h8-10,12,14H,3-7H2,1-2H3,(H,18,19)/t12-/m0/s1. The Labute approximate surface area is 125 Å². The predicted octanol–water partition coefficient (Wildman–Crippen LogP) is 3.86. The van der Waals surface area contributed by atoms with Crippen molar-refractivity contribution in [2.75, 3.05) is 0 Å². The molecule has 1 aromatic carbocycles. The van der Waals surface area contributed by atoms with Crippen LogP contribution in [-0.4, -0.2) is 18.1 Å². The first kappa shape index (κ1) is 15.2. The third kappa shape index (κ3) is 4.14. The van der Waals surface area contributed by atoms with E-state index in [1.807, 2.05) is 19.1 Å².